The third-order valence-corrected chi connectivity index (χ3v) is 2.96. The van der Waals surface area contributed by atoms with Gasteiger partial charge in [-0.1, -0.05) is 12.2 Å². The summed E-state index contributed by atoms with van der Waals surface area (Å²) < 4.78 is 5.65. The van der Waals surface area contributed by atoms with Gasteiger partial charge in [-0.3, -0.25) is 0 Å². The minimum Gasteiger partial charge on any atom is -0.376 e. The van der Waals surface area contributed by atoms with E-state index in [-0.39, 0.29) is 0 Å². The third kappa shape index (κ3) is 1.54. The Bertz CT molecular complexity index is 179. The lowest BCUT2D eigenvalue weighted by Gasteiger charge is -2.26. The molecule has 2 N–H and O–H groups in total. The monoisotopic (exact) mass is 167 g/mol. The van der Waals surface area contributed by atoms with E-state index in [4.69, 9.17) is 10.5 Å². The van der Waals surface area contributed by atoms with E-state index >= 15 is 0 Å². The first-order chi connectivity index (χ1) is 5.88. The first-order valence-corrected chi connectivity index (χ1v) is 4.90. The smallest absolute Gasteiger partial charge is 0.0757 e. The van der Waals surface area contributed by atoms with Crippen molar-refractivity contribution in [3.8, 4) is 0 Å². The van der Waals surface area contributed by atoms with Gasteiger partial charge < -0.3 is 10.5 Å². The standard InChI is InChI=1S/C10H17NO/c11-9-6-7-12-10(9)8-4-2-1-3-5-8/h1-2,8-10H,3-7,11H2. The molecule has 3 atom stereocenters. The maximum absolute atomic E-state index is 5.96. The van der Waals surface area contributed by atoms with Crippen LogP contribution in [0.2, 0.25) is 0 Å². The highest BCUT2D eigenvalue weighted by Gasteiger charge is 2.31. The van der Waals surface area contributed by atoms with Crippen molar-refractivity contribution in [2.45, 2.75) is 37.8 Å². The van der Waals surface area contributed by atoms with E-state index in [0.717, 1.165) is 13.0 Å². The second kappa shape index (κ2) is 3.58. The predicted molar refractivity (Wildman–Crippen MR) is 48.8 cm³/mol. The molecule has 12 heavy (non-hydrogen) atoms. The molecule has 1 aliphatic heterocycles. The maximum Gasteiger partial charge on any atom is 0.0757 e. The fourth-order valence-corrected chi connectivity index (χ4v) is 2.23. The van der Waals surface area contributed by atoms with Crippen LogP contribution in [0.25, 0.3) is 0 Å². The Kier molecular flexibility index (Phi) is 2.47. The SMILES string of the molecule is NC1CCOC1C1CC=CCC1. The predicted octanol–water partition coefficient (Wildman–Crippen LogP) is 1.46. The molecule has 0 amide bonds. The lowest BCUT2D eigenvalue weighted by molar-refractivity contribution is 0.0523. The van der Waals surface area contributed by atoms with Crippen LogP contribution >= 0.6 is 0 Å². The number of ether oxygens (including phenoxy) is 1. The van der Waals surface area contributed by atoms with Crippen molar-refractivity contribution in [3.05, 3.63) is 12.2 Å². The molecule has 68 valence electrons. The zero-order valence-electron chi connectivity index (χ0n) is 7.41. The van der Waals surface area contributed by atoms with E-state index in [9.17, 15) is 0 Å². The van der Waals surface area contributed by atoms with Crippen LogP contribution in [0, 0.1) is 5.92 Å². The number of nitrogens with two attached hydrogens (primary N) is 1. The summed E-state index contributed by atoms with van der Waals surface area (Å²) in [4.78, 5) is 0. The lowest BCUT2D eigenvalue weighted by atomic mass is 9.86. The van der Waals surface area contributed by atoms with Gasteiger partial charge in [0.05, 0.1) is 6.10 Å². The fourth-order valence-electron chi connectivity index (χ4n) is 2.23. The van der Waals surface area contributed by atoms with Crippen molar-refractivity contribution in [3.63, 3.8) is 0 Å². The van der Waals surface area contributed by atoms with Crippen LogP contribution in [0.4, 0.5) is 0 Å². The quantitative estimate of drug-likeness (QED) is 0.600. The second-order valence-electron chi connectivity index (χ2n) is 3.83. The van der Waals surface area contributed by atoms with Gasteiger partial charge in [-0.05, 0) is 31.6 Å². The van der Waals surface area contributed by atoms with Crippen LogP contribution in [0.15, 0.2) is 12.2 Å². The average Bonchev–Trinajstić information content (AvgIpc) is 2.53. The van der Waals surface area contributed by atoms with Gasteiger partial charge in [-0.2, -0.15) is 0 Å². The molecule has 3 unspecified atom stereocenters. The highest BCUT2D eigenvalue weighted by Crippen LogP contribution is 2.28. The van der Waals surface area contributed by atoms with Gasteiger partial charge in [0.15, 0.2) is 0 Å². The van der Waals surface area contributed by atoms with Crippen molar-refractivity contribution in [2.75, 3.05) is 6.61 Å². The van der Waals surface area contributed by atoms with Crippen molar-refractivity contribution in [1.29, 1.82) is 0 Å². The molecule has 0 aromatic rings. The lowest BCUT2D eigenvalue weighted by Crippen LogP contribution is -2.36. The van der Waals surface area contributed by atoms with Gasteiger partial charge >= 0.3 is 0 Å². The number of hydrogen-bond donors (Lipinski definition) is 1. The Balaban J connectivity index is 1.94. The zero-order valence-corrected chi connectivity index (χ0v) is 7.41. The Morgan fingerprint density at radius 1 is 1.25 bits per heavy atom. The minimum absolute atomic E-state index is 0.293. The third-order valence-electron chi connectivity index (χ3n) is 2.96. The van der Waals surface area contributed by atoms with Crippen LogP contribution in [0.5, 0.6) is 0 Å². The molecule has 0 aromatic heterocycles. The molecule has 2 nitrogen and oxygen atoms in total. The maximum atomic E-state index is 5.96. The van der Waals surface area contributed by atoms with E-state index in [1.54, 1.807) is 0 Å². The van der Waals surface area contributed by atoms with E-state index in [0.29, 0.717) is 18.1 Å². The Morgan fingerprint density at radius 3 is 2.75 bits per heavy atom. The molecule has 0 radical (unpaired) electrons. The first-order valence-electron chi connectivity index (χ1n) is 4.90. The molecule has 0 bridgehead atoms. The van der Waals surface area contributed by atoms with Crippen LogP contribution < -0.4 is 5.73 Å². The normalized spacial score (nSPS) is 41.9. The number of hydrogen-bond acceptors (Lipinski definition) is 2. The summed E-state index contributed by atoms with van der Waals surface area (Å²) in [5.74, 6) is 0.687. The number of rotatable bonds is 1. The molecule has 1 heterocycles. The molecule has 2 aliphatic rings. The molecule has 0 aromatic carbocycles. The Morgan fingerprint density at radius 2 is 2.17 bits per heavy atom. The van der Waals surface area contributed by atoms with Crippen molar-refractivity contribution < 1.29 is 4.74 Å². The van der Waals surface area contributed by atoms with E-state index in [2.05, 4.69) is 12.2 Å². The van der Waals surface area contributed by atoms with E-state index < -0.39 is 0 Å². The van der Waals surface area contributed by atoms with E-state index in [1.165, 1.54) is 19.3 Å². The summed E-state index contributed by atoms with van der Waals surface area (Å²) in [6.45, 7) is 0.867. The van der Waals surface area contributed by atoms with Crippen molar-refractivity contribution in [2.24, 2.45) is 11.7 Å². The molecule has 1 fully saturated rings. The first kappa shape index (κ1) is 8.27. The summed E-state index contributed by atoms with van der Waals surface area (Å²) >= 11 is 0. The molecular weight excluding hydrogens is 150 g/mol. The van der Waals surface area contributed by atoms with Crippen molar-refractivity contribution >= 4 is 0 Å². The van der Waals surface area contributed by atoms with E-state index in [1.807, 2.05) is 0 Å². The molecule has 0 saturated carbocycles. The molecule has 0 spiro atoms. The Labute approximate surface area is 73.8 Å². The van der Waals surface area contributed by atoms with Crippen LogP contribution in [-0.4, -0.2) is 18.8 Å². The van der Waals surface area contributed by atoms with Crippen LogP contribution in [0.3, 0.4) is 0 Å². The summed E-state index contributed by atoms with van der Waals surface area (Å²) in [5.41, 5.74) is 5.96. The molecule has 2 heteroatoms. The van der Waals surface area contributed by atoms with Crippen LogP contribution in [-0.2, 0) is 4.74 Å². The molecule has 1 saturated heterocycles. The minimum atomic E-state index is 0.293. The summed E-state index contributed by atoms with van der Waals surface area (Å²) in [7, 11) is 0. The highest BCUT2D eigenvalue weighted by molar-refractivity contribution is 4.96. The number of allylic oxidation sites excluding steroid dienone is 2. The second-order valence-corrected chi connectivity index (χ2v) is 3.83. The van der Waals surface area contributed by atoms with Gasteiger partial charge in [-0.15, -0.1) is 0 Å². The topological polar surface area (TPSA) is 35.2 Å². The molecule has 2 rings (SSSR count). The summed E-state index contributed by atoms with van der Waals surface area (Å²) in [5, 5.41) is 0. The van der Waals surface area contributed by atoms with Crippen molar-refractivity contribution in [1.82, 2.24) is 0 Å². The zero-order chi connectivity index (χ0) is 8.39. The summed E-state index contributed by atoms with van der Waals surface area (Å²) in [6.07, 6.45) is 9.55. The molecular formula is C10H17NO. The largest absolute Gasteiger partial charge is 0.376 e. The summed E-state index contributed by atoms with van der Waals surface area (Å²) in [6, 6.07) is 0.293. The van der Waals surface area contributed by atoms with Gasteiger partial charge in [0.2, 0.25) is 0 Å². The van der Waals surface area contributed by atoms with Crippen LogP contribution in [0.1, 0.15) is 25.7 Å². The van der Waals surface area contributed by atoms with Gasteiger partial charge in [0.1, 0.15) is 0 Å². The fraction of sp³-hybridized carbons (Fsp3) is 0.800. The van der Waals surface area contributed by atoms with Gasteiger partial charge in [0, 0.05) is 12.6 Å². The molecule has 1 aliphatic carbocycles. The average molecular weight is 167 g/mol. The van der Waals surface area contributed by atoms with Gasteiger partial charge in [-0.25, -0.2) is 0 Å². The highest BCUT2D eigenvalue weighted by atomic mass is 16.5. The Hall–Kier alpha value is -0.340. The van der Waals surface area contributed by atoms with Gasteiger partial charge in [0.25, 0.3) is 0 Å².